The van der Waals surface area contributed by atoms with Crippen molar-refractivity contribution < 1.29 is 4.74 Å². The van der Waals surface area contributed by atoms with Crippen LogP contribution in [0.25, 0.3) is 11.4 Å². The first-order valence-corrected chi connectivity index (χ1v) is 6.25. The van der Waals surface area contributed by atoms with Crippen molar-refractivity contribution in [2.45, 2.75) is 13.0 Å². The Hall–Kier alpha value is -1.94. The van der Waals surface area contributed by atoms with Gasteiger partial charge in [0.15, 0.2) is 5.82 Å². The molecule has 0 spiro atoms. The zero-order chi connectivity index (χ0) is 13.8. The first-order chi connectivity index (χ1) is 9.11. The summed E-state index contributed by atoms with van der Waals surface area (Å²) in [4.78, 5) is 10.8. The highest BCUT2D eigenvalue weighted by atomic mass is 16.5. The number of aromatic nitrogens is 2. The molecule has 0 fully saturated rings. The predicted octanol–water partition coefficient (Wildman–Crippen LogP) is 2.92. The summed E-state index contributed by atoms with van der Waals surface area (Å²) in [6.45, 7) is 2.02. The van der Waals surface area contributed by atoms with E-state index in [-0.39, 0.29) is 6.10 Å². The summed E-state index contributed by atoms with van der Waals surface area (Å²) in [6, 6.07) is 10.0. The van der Waals surface area contributed by atoms with Crippen molar-refractivity contribution in [2.75, 3.05) is 26.1 Å². The normalized spacial score (nSPS) is 12.2. The molecular formula is C15H19N3O. The van der Waals surface area contributed by atoms with Crippen LogP contribution < -0.4 is 4.90 Å². The molecule has 4 heteroatoms. The van der Waals surface area contributed by atoms with Gasteiger partial charge in [-0.15, -0.1) is 0 Å². The van der Waals surface area contributed by atoms with Crippen molar-refractivity contribution in [1.29, 1.82) is 0 Å². The van der Waals surface area contributed by atoms with Crippen molar-refractivity contribution in [3.05, 3.63) is 42.1 Å². The zero-order valence-corrected chi connectivity index (χ0v) is 11.8. The van der Waals surface area contributed by atoms with Gasteiger partial charge in [0.2, 0.25) is 0 Å². The van der Waals surface area contributed by atoms with Gasteiger partial charge < -0.3 is 9.64 Å². The maximum absolute atomic E-state index is 5.34. The van der Waals surface area contributed by atoms with Crippen LogP contribution in [-0.4, -0.2) is 31.2 Å². The quantitative estimate of drug-likeness (QED) is 0.844. The van der Waals surface area contributed by atoms with Gasteiger partial charge in [-0.1, -0.05) is 18.2 Å². The Kier molecular flexibility index (Phi) is 4.12. The van der Waals surface area contributed by atoms with Gasteiger partial charge >= 0.3 is 0 Å². The molecule has 100 valence electrons. The van der Waals surface area contributed by atoms with Gasteiger partial charge in [0.25, 0.3) is 0 Å². The second-order valence-electron chi connectivity index (χ2n) is 4.64. The molecule has 4 nitrogen and oxygen atoms in total. The molecule has 1 aromatic heterocycles. The van der Waals surface area contributed by atoms with E-state index in [0.29, 0.717) is 0 Å². The summed E-state index contributed by atoms with van der Waals surface area (Å²) in [5.41, 5.74) is 2.13. The number of rotatable bonds is 4. The van der Waals surface area contributed by atoms with Crippen molar-refractivity contribution >= 4 is 5.82 Å². The number of hydrogen-bond donors (Lipinski definition) is 0. The van der Waals surface area contributed by atoms with Gasteiger partial charge in [-0.05, 0) is 24.6 Å². The largest absolute Gasteiger partial charge is 0.377 e. The minimum atomic E-state index is 0.0666. The number of hydrogen-bond acceptors (Lipinski definition) is 4. The first-order valence-electron chi connectivity index (χ1n) is 6.25. The molecule has 1 aromatic carbocycles. The van der Waals surface area contributed by atoms with Crippen LogP contribution >= 0.6 is 0 Å². The monoisotopic (exact) mass is 257 g/mol. The highest BCUT2D eigenvalue weighted by molar-refractivity contribution is 5.58. The smallest absolute Gasteiger partial charge is 0.161 e. The van der Waals surface area contributed by atoms with E-state index >= 15 is 0 Å². The minimum absolute atomic E-state index is 0.0666. The third-order valence-corrected chi connectivity index (χ3v) is 3.07. The van der Waals surface area contributed by atoms with E-state index in [2.05, 4.69) is 16.0 Å². The Balaban J connectivity index is 2.39. The lowest BCUT2D eigenvalue weighted by atomic mass is 10.1. The van der Waals surface area contributed by atoms with Crippen LogP contribution in [0.4, 0.5) is 5.82 Å². The standard InChI is InChI=1S/C15H19N3O/c1-11(19-4)12-6-5-7-13(10-12)15-16-9-8-14(17-15)18(2)3/h5-11H,1-4H3. The Morgan fingerprint density at radius 3 is 2.68 bits per heavy atom. The average Bonchev–Trinajstić information content (AvgIpc) is 2.46. The summed E-state index contributed by atoms with van der Waals surface area (Å²) in [5, 5.41) is 0. The van der Waals surface area contributed by atoms with E-state index in [4.69, 9.17) is 4.74 Å². The molecule has 0 amide bonds. The van der Waals surface area contributed by atoms with Crippen LogP contribution in [0.3, 0.4) is 0 Å². The van der Waals surface area contributed by atoms with E-state index in [1.165, 1.54) is 0 Å². The van der Waals surface area contributed by atoms with Crippen LogP contribution in [0.1, 0.15) is 18.6 Å². The number of nitrogens with zero attached hydrogens (tertiary/aromatic N) is 3. The minimum Gasteiger partial charge on any atom is -0.377 e. The lowest BCUT2D eigenvalue weighted by molar-refractivity contribution is 0.119. The average molecular weight is 257 g/mol. The Morgan fingerprint density at radius 1 is 1.21 bits per heavy atom. The maximum Gasteiger partial charge on any atom is 0.161 e. The molecule has 1 unspecified atom stereocenters. The molecule has 0 aliphatic heterocycles. The number of anilines is 1. The highest BCUT2D eigenvalue weighted by Crippen LogP contribution is 2.23. The molecular weight excluding hydrogens is 238 g/mol. The summed E-state index contributed by atoms with van der Waals surface area (Å²) < 4.78 is 5.34. The fourth-order valence-electron chi connectivity index (χ4n) is 1.80. The van der Waals surface area contributed by atoms with Crippen LogP contribution in [-0.2, 0) is 4.74 Å². The molecule has 1 atom stereocenters. The Bertz CT molecular complexity index is 555. The number of methoxy groups -OCH3 is 1. The summed E-state index contributed by atoms with van der Waals surface area (Å²) in [6.07, 6.45) is 1.85. The van der Waals surface area contributed by atoms with Crippen LogP contribution in [0.15, 0.2) is 36.5 Å². The van der Waals surface area contributed by atoms with Gasteiger partial charge in [0.05, 0.1) is 6.10 Å². The van der Waals surface area contributed by atoms with Crippen molar-refractivity contribution in [3.8, 4) is 11.4 Å². The van der Waals surface area contributed by atoms with E-state index in [0.717, 1.165) is 22.8 Å². The van der Waals surface area contributed by atoms with Crippen molar-refractivity contribution in [2.24, 2.45) is 0 Å². The first kappa shape index (κ1) is 13.5. The van der Waals surface area contributed by atoms with Crippen LogP contribution in [0.2, 0.25) is 0 Å². The van der Waals surface area contributed by atoms with Crippen molar-refractivity contribution in [1.82, 2.24) is 9.97 Å². The molecule has 0 saturated heterocycles. The molecule has 0 N–H and O–H groups in total. The summed E-state index contributed by atoms with van der Waals surface area (Å²) in [5.74, 6) is 1.63. The molecule has 19 heavy (non-hydrogen) atoms. The SMILES string of the molecule is COC(C)c1cccc(-c2nccc(N(C)C)n2)c1. The molecule has 2 rings (SSSR count). The van der Waals surface area contributed by atoms with Crippen molar-refractivity contribution in [3.63, 3.8) is 0 Å². The third-order valence-electron chi connectivity index (χ3n) is 3.07. The molecule has 0 aliphatic rings. The zero-order valence-electron chi connectivity index (χ0n) is 11.8. The topological polar surface area (TPSA) is 38.2 Å². The Labute approximate surface area is 114 Å². The van der Waals surface area contributed by atoms with Gasteiger partial charge in [0, 0.05) is 33.0 Å². The second kappa shape index (κ2) is 5.80. The van der Waals surface area contributed by atoms with Gasteiger partial charge in [-0.2, -0.15) is 0 Å². The molecule has 1 heterocycles. The molecule has 0 saturated carbocycles. The fourth-order valence-corrected chi connectivity index (χ4v) is 1.80. The number of benzene rings is 1. The van der Waals surface area contributed by atoms with E-state index < -0.39 is 0 Å². The second-order valence-corrected chi connectivity index (χ2v) is 4.64. The molecule has 0 radical (unpaired) electrons. The highest BCUT2D eigenvalue weighted by Gasteiger charge is 2.08. The van der Waals surface area contributed by atoms with E-state index in [9.17, 15) is 0 Å². The van der Waals surface area contributed by atoms with Crippen LogP contribution in [0.5, 0.6) is 0 Å². The molecule has 0 aliphatic carbocycles. The predicted molar refractivity (Wildman–Crippen MR) is 77.2 cm³/mol. The number of ether oxygens (including phenoxy) is 1. The maximum atomic E-state index is 5.34. The summed E-state index contributed by atoms with van der Waals surface area (Å²) in [7, 11) is 5.64. The van der Waals surface area contributed by atoms with Crippen LogP contribution in [0, 0.1) is 0 Å². The lowest BCUT2D eigenvalue weighted by Gasteiger charge is -2.13. The van der Waals surface area contributed by atoms with E-state index in [1.54, 1.807) is 13.3 Å². The van der Waals surface area contributed by atoms with Gasteiger partial charge in [0.1, 0.15) is 5.82 Å². The van der Waals surface area contributed by atoms with Gasteiger partial charge in [-0.25, -0.2) is 9.97 Å². The lowest BCUT2D eigenvalue weighted by Crippen LogP contribution is -2.11. The summed E-state index contributed by atoms with van der Waals surface area (Å²) >= 11 is 0. The van der Waals surface area contributed by atoms with E-state index in [1.807, 2.05) is 50.2 Å². The van der Waals surface area contributed by atoms with Gasteiger partial charge in [-0.3, -0.25) is 0 Å². The third kappa shape index (κ3) is 3.09. The fraction of sp³-hybridized carbons (Fsp3) is 0.333. The Morgan fingerprint density at radius 2 is 2.00 bits per heavy atom. The molecule has 2 aromatic rings. The molecule has 0 bridgehead atoms.